The Morgan fingerprint density at radius 1 is 1.50 bits per heavy atom. The molecule has 1 unspecified atom stereocenters. The summed E-state index contributed by atoms with van der Waals surface area (Å²) in [5.74, 6) is 5.50. The van der Waals surface area contributed by atoms with Crippen LogP contribution in [0.5, 0.6) is 0 Å². The molecule has 0 aliphatic heterocycles. The summed E-state index contributed by atoms with van der Waals surface area (Å²) in [5.41, 5.74) is 3.79. The van der Waals surface area contributed by atoms with Crippen molar-refractivity contribution >= 4 is 0 Å². The second-order valence-electron chi connectivity index (χ2n) is 4.85. The molecule has 1 aromatic heterocycles. The zero-order valence-corrected chi connectivity index (χ0v) is 10.2. The van der Waals surface area contributed by atoms with E-state index in [2.05, 4.69) is 10.4 Å². The highest BCUT2D eigenvalue weighted by Crippen LogP contribution is 2.09. The first-order chi connectivity index (χ1) is 7.51. The minimum absolute atomic E-state index is 0.114. The van der Waals surface area contributed by atoms with Gasteiger partial charge in [0.05, 0.1) is 12.2 Å². The molecule has 0 fully saturated rings. The van der Waals surface area contributed by atoms with Crippen molar-refractivity contribution in [3.63, 3.8) is 0 Å². The molecule has 0 bridgehead atoms. The largest absolute Gasteiger partial charge is 0.374 e. The summed E-state index contributed by atoms with van der Waals surface area (Å²) >= 11 is 0. The zero-order valence-electron chi connectivity index (χ0n) is 10.2. The van der Waals surface area contributed by atoms with Gasteiger partial charge in [-0.05, 0) is 38.8 Å². The van der Waals surface area contributed by atoms with Crippen LogP contribution in [0.1, 0.15) is 26.3 Å². The first kappa shape index (κ1) is 13.1. The average Bonchev–Trinajstić information content (AvgIpc) is 2.24. The van der Waals surface area contributed by atoms with Gasteiger partial charge in [-0.3, -0.25) is 16.3 Å². The third-order valence-corrected chi connectivity index (χ3v) is 2.16. The fraction of sp³-hybridized carbons (Fsp3) is 0.583. The highest BCUT2D eigenvalue weighted by Gasteiger charge is 2.14. The van der Waals surface area contributed by atoms with Gasteiger partial charge < -0.3 is 4.74 Å². The number of nitrogens with zero attached hydrogens (tertiary/aromatic N) is 1. The van der Waals surface area contributed by atoms with E-state index in [9.17, 15) is 0 Å². The quantitative estimate of drug-likeness (QED) is 0.583. The van der Waals surface area contributed by atoms with Crippen molar-refractivity contribution < 1.29 is 4.74 Å². The second-order valence-corrected chi connectivity index (χ2v) is 4.85. The number of ether oxygens (including phenoxy) is 1. The molecule has 4 heteroatoms. The second kappa shape index (κ2) is 5.94. The molecule has 0 saturated carbocycles. The topological polar surface area (TPSA) is 60.2 Å². The molecule has 0 spiro atoms. The normalized spacial score (nSPS) is 13.8. The number of nitrogens with one attached hydrogen (secondary N) is 1. The molecule has 3 N–H and O–H groups in total. The van der Waals surface area contributed by atoms with Crippen molar-refractivity contribution in [3.05, 3.63) is 30.1 Å². The molecule has 0 saturated heterocycles. The van der Waals surface area contributed by atoms with E-state index in [4.69, 9.17) is 10.6 Å². The van der Waals surface area contributed by atoms with Crippen molar-refractivity contribution in [2.24, 2.45) is 5.84 Å². The molecule has 4 nitrogen and oxygen atoms in total. The van der Waals surface area contributed by atoms with Gasteiger partial charge in [0.15, 0.2) is 0 Å². The highest BCUT2D eigenvalue weighted by molar-refractivity contribution is 5.10. The summed E-state index contributed by atoms with van der Waals surface area (Å²) in [6, 6.07) is 4.07. The molecule has 90 valence electrons. The van der Waals surface area contributed by atoms with E-state index >= 15 is 0 Å². The smallest absolute Gasteiger partial charge is 0.0643 e. The number of pyridine rings is 1. The summed E-state index contributed by atoms with van der Waals surface area (Å²) < 4.78 is 5.69. The van der Waals surface area contributed by atoms with E-state index in [1.54, 1.807) is 6.20 Å². The van der Waals surface area contributed by atoms with Gasteiger partial charge in [0, 0.05) is 18.4 Å². The maximum absolute atomic E-state index is 5.69. The van der Waals surface area contributed by atoms with E-state index in [1.807, 2.05) is 39.1 Å². The van der Waals surface area contributed by atoms with Crippen LogP contribution in [0.2, 0.25) is 0 Å². The molecule has 1 aromatic rings. The summed E-state index contributed by atoms with van der Waals surface area (Å²) in [7, 11) is 0. The van der Waals surface area contributed by atoms with Crippen LogP contribution in [0.15, 0.2) is 24.5 Å². The van der Waals surface area contributed by atoms with E-state index in [0.29, 0.717) is 6.61 Å². The van der Waals surface area contributed by atoms with Gasteiger partial charge >= 0.3 is 0 Å². The lowest BCUT2D eigenvalue weighted by atomic mass is 10.1. The molecule has 0 aliphatic rings. The van der Waals surface area contributed by atoms with E-state index < -0.39 is 0 Å². The first-order valence-corrected chi connectivity index (χ1v) is 5.50. The van der Waals surface area contributed by atoms with E-state index in [-0.39, 0.29) is 11.6 Å². The summed E-state index contributed by atoms with van der Waals surface area (Å²) in [5, 5.41) is 0. The van der Waals surface area contributed by atoms with Crippen LogP contribution in [0, 0.1) is 0 Å². The number of aromatic nitrogens is 1. The van der Waals surface area contributed by atoms with Crippen LogP contribution in [-0.4, -0.2) is 23.2 Å². The van der Waals surface area contributed by atoms with Gasteiger partial charge in [-0.15, -0.1) is 0 Å². The molecule has 1 rings (SSSR count). The predicted octanol–water partition coefficient (Wildman–Crippen LogP) is 1.27. The Morgan fingerprint density at radius 3 is 2.75 bits per heavy atom. The number of rotatable bonds is 5. The van der Waals surface area contributed by atoms with Crippen LogP contribution in [0.4, 0.5) is 0 Å². The number of hydrogen-bond acceptors (Lipinski definition) is 4. The Kier molecular flexibility index (Phi) is 4.86. The van der Waals surface area contributed by atoms with E-state index in [0.717, 1.165) is 12.0 Å². The maximum Gasteiger partial charge on any atom is 0.0643 e. The van der Waals surface area contributed by atoms with Crippen LogP contribution in [-0.2, 0) is 11.2 Å². The van der Waals surface area contributed by atoms with Gasteiger partial charge in [-0.2, -0.15) is 0 Å². The van der Waals surface area contributed by atoms with Crippen molar-refractivity contribution in [3.8, 4) is 0 Å². The van der Waals surface area contributed by atoms with Gasteiger partial charge in [0.1, 0.15) is 0 Å². The Balaban J connectivity index is 2.44. The van der Waals surface area contributed by atoms with Crippen molar-refractivity contribution in [1.29, 1.82) is 0 Å². The molecule has 0 aromatic carbocycles. The zero-order chi connectivity index (χ0) is 12.0. The lowest BCUT2D eigenvalue weighted by Gasteiger charge is -2.24. The molecule has 0 aliphatic carbocycles. The van der Waals surface area contributed by atoms with Gasteiger partial charge in [0.2, 0.25) is 0 Å². The van der Waals surface area contributed by atoms with Crippen molar-refractivity contribution in [2.45, 2.75) is 38.8 Å². The Labute approximate surface area is 97.2 Å². The molecular formula is C12H21N3O. The van der Waals surface area contributed by atoms with Crippen LogP contribution in [0.3, 0.4) is 0 Å². The Hall–Kier alpha value is -0.970. The van der Waals surface area contributed by atoms with Crippen LogP contribution in [0.25, 0.3) is 0 Å². The molecule has 0 radical (unpaired) electrons. The fourth-order valence-corrected chi connectivity index (χ4v) is 1.32. The number of hydrogen-bond donors (Lipinski definition) is 2. The summed E-state index contributed by atoms with van der Waals surface area (Å²) in [6.07, 6.45) is 4.43. The molecule has 16 heavy (non-hydrogen) atoms. The van der Waals surface area contributed by atoms with Crippen LogP contribution >= 0.6 is 0 Å². The standard InChI is InChI=1S/C12H21N3O/c1-12(2,3)16-9-11(15-13)7-10-5-4-6-14-8-10/h4-6,8,11,15H,7,9,13H2,1-3H3. The molecule has 0 amide bonds. The lowest BCUT2D eigenvalue weighted by Crippen LogP contribution is -2.42. The van der Waals surface area contributed by atoms with E-state index in [1.165, 1.54) is 0 Å². The number of hydrazine groups is 1. The Bertz CT molecular complexity index is 295. The lowest BCUT2D eigenvalue weighted by molar-refractivity contribution is -0.0143. The first-order valence-electron chi connectivity index (χ1n) is 5.50. The molecular weight excluding hydrogens is 202 g/mol. The Morgan fingerprint density at radius 2 is 2.25 bits per heavy atom. The van der Waals surface area contributed by atoms with Crippen molar-refractivity contribution in [2.75, 3.05) is 6.61 Å². The van der Waals surface area contributed by atoms with Crippen LogP contribution < -0.4 is 11.3 Å². The third kappa shape index (κ3) is 5.21. The third-order valence-electron chi connectivity index (χ3n) is 2.16. The maximum atomic E-state index is 5.69. The monoisotopic (exact) mass is 223 g/mol. The average molecular weight is 223 g/mol. The minimum atomic E-state index is -0.135. The fourth-order valence-electron chi connectivity index (χ4n) is 1.32. The molecule has 1 heterocycles. The van der Waals surface area contributed by atoms with Crippen molar-refractivity contribution in [1.82, 2.24) is 10.4 Å². The number of nitrogens with two attached hydrogens (primary N) is 1. The summed E-state index contributed by atoms with van der Waals surface area (Å²) in [4.78, 5) is 4.07. The van der Waals surface area contributed by atoms with Gasteiger partial charge in [-0.25, -0.2) is 0 Å². The molecule has 1 atom stereocenters. The van der Waals surface area contributed by atoms with Gasteiger partial charge in [-0.1, -0.05) is 6.07 Å². The predicted molar refractivity (Wildman–Crippen MR) is 64.8 cm³/mol. The van der Waals surface area contributed by atoms with Gasteiger partial charge in [0.25, 0.3) is 0 Å². The highest BCUT2D eigenvalue weighted by atomic mass is 16.5. The minimum Gasteiger partial charge on any atom is -0.374 e. The summed E-state index contributed by atoms with van der Waals surface area (Å²) in [6.45, 7) is 6.69. The SMILES string of the molecule is CC(C)(C)OCC(Cc1cccnc1)NN.